The van der Waals surface area contributed by atoms with Crippen LogP contribution in [0.25, 0.3) is 21.9 Å². The Labute approximate surface area is 191 Å². The number of rotatable bonds is 12. The summed E-state index contributed by atoms with van der Waals surface area (Å²) in [5.41, 5.74) is 0.828. The summed E-state index contributed by atoms with van der Waals surface area (Å²) < 4.78 is 27.4. The molecule has 0 radical (unpaired) electrons. The fourth-order valence-electron chi connectivity index (χ4n) is 3.44. The molecular weight excluding hydrogens is 428 g/mol. The van der Waals surface area contributed by atoms with Crippen LogP contribution in [-0.2, 0) is 18.9 Å². The molecule has 33 heavy (non-hydrogen) atoms. The van der Waals surface area contributed by atoms with Crippen LogP contribution in [-0.4, -0.2) is 50.6 Å². The number of carbonyl (C=O) groups is 2. The second-order valence-electron chi connectivity index (χ2n) is 7.07. The quantitative estimate of drug-likeness (QED) is 0.228. The van der Waals surface area contributed by atoms with Gasteiger partial charge in [-0.1, -0.05) is 0 Å². The summed E-state index contributed by atoms with van der Waals surface area (Å²) >= 11 is 0. The van der Waals surface area contributed by atoms with Crippen molar-refractivity contribution in [3.63, 3.8) is 0 Å². The predicted molar refractivity (Wildman–Crippen MR) is 123 cm³/mol. The van der Waals surface area contributed by atoms with Crippen LogP contribution in [0.2, 0.25) is 0 Å². The van der Waals surface area contributed by atoms with Crippen LogP contribution < -0.4 is 5.43 Å². The van der Waals surface area contributed by atoms with Gasteiger partial charge in [-0.25, -0.2) is 0 Å². The highest BCUT2D eigenvalue weighted by molar-refractivity contribution is 6.04. The van der Waals surface area contributed by atoms with Crippen molar-refractivity contribution in [2.75, 3.05) is 26.4 Å². The van der Waals surface area contributed by atoms with Gasteiger partial charge in [-0.15, -0.1) is 0 Å². The summed E-state index contributed by atoms with van der Waals surface area (Å²) in [6.07, 6.45) is -2.11. The van der Waals surface area contributed by atoms with Crippen LogP contribution in [0, 0.1) is 0 Å². The molecular formula is C25H28O8. The van der Waals surface area contributed by atoms with Gasteiger partial charge in [-0.3, -0.25) is 14.4 Å². The summed E-state index contributed by atoms with van der Waals surface area (Å²) in [5, 5.41) is 0.437. The molecule has 0 amide bonds. The zero-order valence-electron chi connectivity index (χ0n) is 19.2. The molecule has 3 aromatic rings. The monoisotopic (exact) mass is 456 g/mol. The van der Waals surface area contributed by atoms with Crippen LogP contribution in [0.15, 0.2) is 45.6 Å². The third kappa shape index (κ3) is 5.36. The van der Waals surface area contributed by atoms with Gasteiger partial charge in [-0.2, -0.15) is 0 Å². The third-order valence-corrected chi connectivity index (χ3v) is 4.94. The van der Waals surface area contributed by atoms with E-state index < -0.39 is 12.6 Å². The van der Waals surface area contributed by atoms with Gasteiger partial charge < -0.3 is 23.4 Å². The maximum Gasteiger partial charge on any atom is 0.222 e. The largest absolute Gasteiger partial charge is 0.456 e. The standard InChI is InChI=1S/C25H28O8/c1-5-29-24(30-6-2)21(26)15-9-11-19-17(13-15)23(28)18-14-16(10-12-20(18)33-19)22(27)25(31-7-3)32-8-4/h9-14,24-25H,5-8H2,1-4H3. The van der Waals surface area contributed by atoms with Gasteiger partial charge in [0.2, 0.25) is 29.6 Å². The Bertz CT molecular complexity index is 1100. The Morgan fingerprint density at radius 1 is 0.697 bits per heavy atom. The van der Waals surface area contributed by atoms with Crippen molar-refractivity contribution in [3.8, 4) is 0 Å². The summed E-state index contributed by atoms with van der Waals surface area (Å²) in [4.78, 5) is 38.9. The number of hydrogen-bond donors (Lipinski definition) is 0. The van der Waals surface area contributed by atoms with Gasteiger partial charge in [0, 0.05) is 37.6 Å². The molecule has 3 rings (SSSR count). The first-order chi connectivity index (χ1) is 15.9. The second-order valence-corrected chi connectivity index (χ2v) is 7.07. The van der Waals surface area contributed by atoms with Crippen molar-refractivity contribution in [1.82, 2.24) is 0 Å². The first kappa shape index (κ1) is 24.7. The van der Waals surface area contributed by atoms with E-state index in [2.05, 4.69) is 0 Å². The Morgan fingerprint density at radius 2 is 1.06 bits per heavy atom. The zero-order chi connectivity index (χ0) is 24.0. The highest BCUT2D eigenvalue weighted by Crippen LogP contribution is 2.22. The van der Waals surface area contributed by atoms with E-state index in [1.54, 1.807) is 52.0 Å². The highest BCUT2D eigenvalue weighted by Gasteiger charge is 2.23. The minimum Gasteiger partial charge on any atom is -0.456 e. The minimum atomic E-state index is -1.05. The lowest BCUT2D eigenvalue weighted by Crippen LogP contribution is -2.28. The van der Waals surface area contributed by atoms with Crippen molar-refractivity contribution in [2.24, 2.45) is 0 Å². The summed E-state index contributed by atoms with van der Waals surface area (Å²) in [6, 6.07) is 9.20. The summed E-state index contributed by atoms with van der Waals surface area (Å²) in [6.45, 7) is 8.27. The predicted octanol–water partition coefficient (Wildman–Crippen LogP) is 4.11. The lowest BCUT2D eigenvalue weighted by Gasteiger charge is -2.16. The van der Waals surface area contributed by atoms with Gasteiger partial charge in [0.25, 0.3) is 0 Å². The molecule has 0 fully saturated rings. The van der Waals surface area contributed by atoms with Crippen molar-refractivity contribution in [1.29, 1.82) is 0 Å². The molecule has 8 nitrogen and oxygen atoms in total. The van der Waals surface area contributed by atoms with Crippen LogP contribution in [0.3, 0.4) is 0 Å². The number of fused-ring (bicyclic) bond motifs is 2. The minimum absolute atomic E-state index is 0.218. The lowest BCUT2D eigenvalue weighted by atomic mass is 10.0. The van der Waals surface area contributed by atoms with E-state index in [0.717, 1.165) is 0 Å². The zero-order valence-corrected chi connectivity index (χ0v) is 19.2. The third-order valence-electron chi connectivity index (χ3n) is 4.94. The van der Waals surface area contributed by atoms with Gasteiger partial charge in [0.1, 0.15) is 11.2 Å². The van der Waals surface area contributed by atoms with E-state index >= 15 is 0 Å². The molecule has 0 aliphatic rings. The number of Topliss-reactive ketones (excluding diaryl/α,β-unsaturated/α-hetero) is 2. The number of hydrogen-bond acceptors (Lipinski definition) is 8. The number of ketones is 2. The fraction of sp³-hybridized carbons (Fsp3) is 0.400. The molecule has 0 aliphatic carbocycles. The lowest BCUT2D eigenvalue weighted by molar-refractivity contribution is -0.107. The molecule has 8 heteroatoms. The maximum absolute atomic E-state index is 13.3. The molecule has 0 atom stereocenters. The molecule has 0 aliphatic heterocycles. The van der Waals surface area contributed by atoms with Crippen LogP contribution in [0.1, 0.15) is 48.4 Å². The SMILES string of the molecule is CCOC(OCC)C(=O)c1ccc2oc3ccc(C(=O)C(OCC)OCC)cc3c(=O)c2c1. The number of benzene rings is 2. The molecule has 0 unspecified atom stereocenters. The summed E-state index contributed by atoms with van der Waals surface area (Å²) in [5.74, 6) is -0.777. The van der Waals surface area contributed by atoms with E-state index in [1.807, 2.05) is 0 Å². The molecule has 0 N–H and O–H groups in total. The average molecular weight is 456 g/mol. The van der Waals surface area contributed by atoms with E-state index in [9.17, 15) is 14.4 Å². The van der Waals surface area contributed by atoms with Gasteiger partial charge in [-0.05, 0) is 64.1 Å². The van der Waals surface area contributed by atoms with Crippen molar-refractivity contribution in [2.45, 2.75) is 40.3 Å². The van der Waals surface area contributed by atoms with E-state index in [-0.39, 0.29) is 38.9 Å². The van der Waals surface area contributed by atoms with Gasteiger partial charge >= 0.3 is 0 Å². The Kier molecular flexibility index (Phi) is 8.46. The molecule has 176 valence electrons. The van der Waals surface area contributed by atoms with Crippen molar-refractivity contribution >= 4 is 33.5 Å². The maximum atomic E-state index is 13.3. The van der Waals surface area contributed by atoms with E-state index in [1.165, 1.54) is 12.1 Å². The normalized spacial score (nSPS) is 11.7. The molecule has 0 saturated carbocycles. The van der Waals surface area contributed by atoms with Crippen LogP contribution in [0.4, 0.5) is 0 Å². The molecule has 0 saturated heterocycles. The first-order valence-corrected chi connectivity index (χ1v) is 11.0. The molecule has 0 spiro atoms. The van der Waals surface area contributed by atoms with Crippen molar-refractivity contribution < 1.29 is 33.0 Å². The van der Waals surface area contributed by atoms with Crippen LogP contribution >= 0.6 is 0 Å². The molecule has 2 aromatic carbocycles. The smallest absolute Gasteiger partial charge is 0.222 e. The average Bonchev–Trinajstić information content (AvgIpc) is 2.82. The molecule has 1 heterocycles. The van der Waals surface area contributed by atoms with Gasteiger partial charge in [0.05, 0.1) is 10.8 Å². The second kappa shape index (κ2) is 11.3. The number of carbonyl (C=O) groups excluding carboxylic acids is 2. The highest BCUT2D eigenvalue weighted by atomic mass is 16.7. The molecule has 0 bridgehead atoms. The Morgan fingerprint density at radius 3 is 1.39 bits per heavy atom. The number of ether oxygens (including phenoxy) is 4. The van der Waals surface area contributed by atoms with Crippen molar-refractivity contribution in [3.05, 3.63) is 57.7 Å². The van der Waals surface area contributed by atoms with E-state index in [0.29, 0.717) is 37.6 Å². The van der Waals surface area contributed by atoms with E-state index in [4.69, 9.17) is 23.4 Å². The topological polar surface area (TPSA) is 101 Å². The Balaban J connectivity index is 2.06. The fourth-order valence-corrected chi connectivity index (χ4v) is 3.44. The van der Waals surface area contributed by atoms with Gasteiger partial charge in [0.15, 0.2) is 0 Å². The Hall–Kier alpha value is -2.91. The first-order valence-electron chi connectivity index (χ1n) is 11.0. The molecule has 1 aromatic heterocycles. The van der Waals surface area contributed by atoms with Crippen LogP contribution in [0.5, 0.6) is 0 Å². The summed E-state index contributed by atoms with van der Waals surface area (Å²) in [7, 11) is 0.